The zero-order valence-electron chi connectivity index (χ0n) is 9.23. The summed E-state index contributed by atoms with van der Waals surface area (Å²) in [4.78, 5) is 13.7. The van der Waals surface area contributed by atoms with Crippen LogP contribution in [-0.2, 0) is 0 Å². The minimum atomic E-state index is -1.66. The molecule has 0 saturated carbocycles. The Kier molecular flexibility index (Phi) is 3.07. The van der Waals surface area contributed by atoms with E-state index in [1.165, 1.54) is 6.07 Å². The molecule has 0 saturated heterocycles. The maximum Gasteiger partial charge on any atom is 0.295 e. The number of nitrogen functional groups attached to an aromatic ring is 1. The molecule has 98 valence electrons. The highest BCUT2D eigenvalue weighted by atomic mass is 19.2. The molecule has 0 atom stereocenters. The summed E-state index contributed by atoms with van der Waals surface area (Å²) in [5.74, 6) is -4.65. The first-order chi connectivity index (χ1) is 8.90. The third-order valence-corrected chi connectivity index (χ3v) is 2.35. The van der Waals surface area contributed by atoms with E-state index in [0.717, 1.165) is 6.07 Å². The number of pyridine rings is 1. The molecule has 0 spiro atoms. The van der Waals surface area contributed by atoms with Gasteiger partial charge in [0, 0.05) is 11.6 Å². The average molecular weight is 269 g/mol. The van der Waals surface area contributed by atoms with Gasteiger partial charge >= 0.3 is 0 Å². The fraction of sp³-hybridized carbons (Fsp3) is 0. The number of aromatic nitrogens is 1. The summed E-state index contributed by atoms with van der Waals surface area (Å²) in [6.45, 7) is 0. The molecule has 19 heavy (non-hydrogen) atoms. The Morgan fingerprint density at radius 2 is 1.74 bits per heavy atom. The van der Waals surface area contributed by atoms with E-state index in [2.05, 4.69) is 4.98 Å². The Balaban J connectivity index is 2.71. The summed E-state index contributed by atoms with van der Waals surface area (Å²) in [6, 6.07) is 3.47. The van der Waals surface area contributed by atoms with Gasteiger partial charge in [0.2, 0.25) is 0 Å². The Morgan fingerprint density at radius 3 is 2.26 bits per heavy atom. The lowest BCUT2D eigenvalue weighted by atomic mass is 10.1. The molecule has 0 amide bonds. The quantitative estimate of drug-likeness (QED) is 0.516. The molecule has 1 aromatic heterocycles. The first-order valence-corrected chi connectivity index (χ1v) is 4.96. The van der Waals surface area contributed by atoms with Crippen LogP contribution in [0.2, 0.25) is 0 Å². The molecule has 1 heterocycles. The van der Waals surface area contributed by atoms with Crippen LogP contribution < -0.4 is 5.73 Å². The largest absolute Gasteiger partial charge is 0.384 e. The number of hydrogen-bond donors (Lipinski definition) is 1. The van der Waals surface area contributed by atoms with Crippen molar-refractivity contribution in [3.8, 4) is 11.3 Å². The van der Waals surface area contributed by atoms with Crippen molar-refractivity contribution in [3.63, 3.8) is 0 Å². The lowest BCUT2D eigenvalue weighted by Gasteiger charge is -2.05. The molecule has 0 aliphatic heterocycles. The smallest absolute Gasteiger partial charge is 0.295 e. The number of rotatable bonds is 2. The Labute approximate surface area is 104 Å². The van der Waals surface area contributed by atoms with Crippen molar-refractivity contribution in [2.45, 2.75) is 0 Å². The molecule has 0 unspecified atom stereocenters. The number of nitrogens with zero attached hydrogens (tertiary/aromatic N) is 2. The topological polar surface area (TPSA) is 82.0 Å². The van der Waals surface area contributed by atoms with Crippen LogP contribution in [0, 0.1) is 27.6 Å². The number of nitro groups is 1. The highest BCUT2D eigenvalue weighted by molar-refractivity contribution is 5.71. The van der Waals surface area contributed by atoms with Crippen molar-refractivity contribution in [1.29, 1.82) is 0 Å². The summed E-state index contributed by atoms with van der Waals surface area (Å²) in [6.07, 6.45) is 0. The molecule has 5 nitrogen and oxygen atoms in total. The molecule has 0 fully saturated rings. The van der Waals surface area contributed by atoms with Gasteiger partial charge in [0.25, 0.3) is 5.69 Å². The predicted octanol–water partition coefficient (Wildman–Crippen LogP) is 2.66. The number of hydrogen-bond acceptors (Lipinski definition) is 4. The average Bonchev–Trinajstić information content (AvgIpc) is 2.34. The first-order valence-electron chi connectivity index (χ1n) is 4.96. The molecule has 8 heteroatoms. The Hall–Kier alpha value is -2.64. The molecule has 2 rings (SSSR count). The highest BCUT2D eigenvalue weighted by Crippen LogP contribution is 2.30. The minimum absolute atomic E-state index is 0.0641. The van der Waals surface area contributed by atoms with Crippen LogP contribution in [0.15, 0.2) is 24.3 Å². The monoisotopic (exact) mass is 269 g/mol. The van der Waals surface area contributed by atoms with E-state index >= 15 is 0 Å². The number of nitrogens with two attached hydrogens (primary N) is 1. The fourth-order valence-electron chi connectivity index (χ4n) is 1.52. The van der Waals surface area contributed by atoms with E-state index in [1.54, 1.807) is 0 Å². The molecule has 0 aliphatic carbocycles. The van der Waals surface area contributed by atoms with Crippen molar-refractivity contribution >= 4 is 11.5 Å². The molecule has 2 aromatic rings. The van der Waals surface area contributed by atoms with Gasteiger partial charge in [0.05, 0.1) is 4.92 Å². The van der Waals surface area contributed by atoms with Crippen LogP contribution in [0.5, 0.6) is 0 Å². The van der Waals surface area contributed by atoms with Gasteiger partial charge in [-0.05, 0) is 18.2 Å². The van der Waals surface area contributed by atoms with Crippen molar-refractivity contribution in [3.05, 3.63) is 51.8 Å². The van der Waals surface area contributed by atoms with Crippen LogP contribution in [0.1, 0.15) is 0 Å². The lowest BCUT2D eigenvalue weighted by molar-refractivity contribution is -0.384. The van der Waals surface area contributed by atoms with Crippen molar-refractivity contribution in [1.82, 2.24) is 4.98 Å². The lowest BCUT2D eigenvalue weighted by Crippen LogP contribution is -2.00. The van der Waals surface area contributed by atoms with Gasteiger partial charge in [-0.2, -0.15) is 0 Å². The fourth-order valence-corrected chi connectivity index (χ4v) is 1.52. The SMILES string of the molecule is Nc1ccc([N+](=O)[O-])c(-c2cc(F)c(F)c(F)c2)n1. The number of anilines is 1. The van der Waals surface area contributed by atoms with Crippen molar-refractivity contribution in [2.75, 3.05) is 5.73 Å². The third-order valence-electron chi connectivity index (χ3n) is 2.35. The summed E-state index contributed by atoms with van der Waals surface area (Å²) >= 11 is 0. The maximum absolute atomic E-state index is 13.1. The van der Waals surface area contributed by atoms with E-state index in [4.69, 9.17) is 5.73 Å². The molecular weight excluding hydrogens is 263 g/mol. The summed E-state index contributed by atoms with van der Waals surface area (Å²) < 4.78 is 39.1. The standard InChI is InChI=1S/C11H6F3N3O2/c12-6-3-5(4-7(13)10(6)14)11-8(17(18)19)1-2-9(15)16-11/h1-4H,(H2,15,16). The van der Waals surface area contributed by atoms with Gasteiger partial charge in [-0.15, -0.1) is 0 Å². The highest BCUT2D eigenvalue weighted by Gasteiger charge is 2.20. The zero-order valence-corrected chi connectivity index (χ0v) is 9.23. The molecule has 1 aromatic carbocycles. The maximum atomic E-state index is 13.1. The van der Waals surface area contributed by atoms with Gasteiger partial charge in [-0.25, -0.2) is 18.2 Å². The Morgan fingerprint density at radius 1 is 1.16 bits per heavy atom. The molecule has 0 radical (unpaired) electrons. The summed E-state index contributed by atoms with van der Waals surface area (Å²) in [5, 5.41) is 10.8. The van der Waals surface area contributed by atoms with E-state index in [9.17, 15) is 23.3 Å². The number of benzene rings is 1. The van der Waals surface area contributed by atoms with Crippen LogP contribution in [-0.4, -0.2) is 9.91 Å². The normalized spacial score (nSPS) is 10.5. The van der Waals surface area contributed by atoms with Crippen LogP contribution in [0.3, 0.4) is 0 Å². The second-order valence-corrected chi connectivity index (χ2v) is 3.61. The third kappa shape index (κ3) is 2.32. The van der Waals surface area contributed by atoms with Gasteiger partial charge in [0.1, 0.15) is 5.82 Å². The minimum Gasteiger partial charge on any atom is -0.384 e. The van der Waals surface area contributed by atoms with Crippen LogP contribution >= 0.6 is 0 Å². The van der Waals surface area contributed by atoms with Gasteiger partial charge in [-0.1, -0.05) is 0 Å². The predicted molar refractivity (Wildman–Crippen MR) is 60.6 cm³/mol. The molecule has 0 aliphatic rings. The molecule has 0 bridgehead atoms. The zero-order chi connectivity index (χ0) is 14.2. The van der Waals surface area contributed by atoms with Crippen molar-refractivity contribution in [2.24, 2.45) is 0 Å². The summed E-state index contributed by atoms with van der Waals surface area (Å²) in [5.41, 5.74) is 4.29. The van der Waals surface area contributed by atoms with Gasteiger partial charge < -0.3 is 5.73 Å². The molecular formula is C11H6F3N3O2. The van der Waals surface area contributed by atoms with Crippen molar-refractivity contribution < 1.29 is 18.1 Å². The second kappa shape index (κ2) is 4.56. The van der Waals surface area contributed by atoms with Crippen LogP contribution in [0.4, 0.5) is 24.7 Å². The number of halogens is 3. The van der Waals surface area contributed by atoms with E-state index < -0.39 is 28.1 Å². The first kappa shape index (κ1) is 12.8. The summed E-state index contributed by atoms with van der Waals surface area (Å²) in [7, 11) is 0. The van der Waals surface area contributed by atoms with E-state index in [1.807, 2.05) is 0 Å². The van der Waals surface area contributed by atoms with Gasteiger partial charge in [-0.3, -0.25) is 10.1 Å². The Bertz CT molecular complexity index is 653. The van der Waals surface area contributed by atoms with E-state index in [0.29, 0.717) is 12.1 Å². The van der Waals surface area contributed by atoms with E-state index in [-0.39, 0.29) is 17.1 Å². The molecule has 2 N–H and O–H groups in total. The van der Waals surface area contributed by atoms with Gasteiger partial charge in [0.15, 0.2) is 23.1 Å². The van der Waals surface area contributed by atoms with Crippen LogP contribution in [0.25, 0.3) is 11.3 Å². The second-order valence-electron chi connectivity index (χ2n) is 3.61.